The quantitative estimate of drug-likeness (QED) is 0.812. The normalized spacial score (nSPS) is 13.1. The first-order valence-electron chi connectivity index (χ1n) is 6.71. The van der Waals surface area contributed by atoms with E-state index in [4.69, 9.17) is 5.11 Å². The fourth-order valence-electron chi connectivity index (χ4n) is 2.10. The van der Waals surface area contributed by atoms with E-state index in [0.29, 0.717) is 5.56 Å². The maximum Gasteiger partial charge on any atom is 0.305 e. The molecule has 4 heteroatoms. The Morgan fingerprint density at radius 2 is 1.85 bits per heavy atom. The molecule has 20 heavy (non-hydrogen) atoms. The second-order valence-electron chi connectivity index (χ2n) is 6.23. The predicted molar refractivity (Wildman–Crippen MR) is 79.2 cm³/mol. The van der Waals surface area contributed by atoms with Gasteiger partial charge in [-0.3, -0.25) is 9.59 Å². The molecule has 0 aliphatic heterocycles. The topological polar surface area (TPSA) is 66.4 Å². The van der Waals surface area contributed by atoms with E-state index in [1.807, 2.05) is 52.8 Å². The molecule has 4 nitrogen and oxygen atoms in total. The number of aryl methyl sites for hydroxylation is 2. The smallest absolute Gasteiger partial charge is 0.305 e. The van der Waals surface area contributed by atoms with Gasteiger partial charge in [-0.05, 0) is 46.2 Å². The van der Waals surface area contributed by atoms with Crippen molar-refractivity contribution in [3.63, 3.8) is 0 Å². The molecule has 0 saturated carbocycles. The highest BCUT2D eigenvalue weighted by Gasteiger charge is 2.27. The van der Waals surface area contributed by atoms with Gasteiger partial charge in [-0.2, -0.15) is 0 Å². The van der Waals surface area contributed by atoms with E-state index in [1.165, 1.54) is 0 Å². The van der Waals surface area contributed by atoms with Crippen molar-refractivity contribution in [3.8, 4) is 0 Å². The summed E-state index contributed by atoms with van der Waals surface area (Å²) in [6, 6.07) is 4.93. The lowest BCUT2D eigenvalue weighted by atomic mass is 9.94. The number of hydrogen-bond donors (Lipinski definition) is 2. The molecule has 110 valence electrons. The van der Waals surface area contributed by atoms with Crippen LogP contribution in [0.15, 0.2) is 18.2 Å². The summed E-state index contributed by atoms with van der Waals surface area (Å²) in [5, 5.41) is 12.1. The molecule has 0 heterocycles. The van der Waals surface area contributed by atoms with Gasteiger partial charge in [0.1, 0.15) is 0 Å². The van der Waals surface area contributed by atoms with Crippen LogP contribution in [0.1, 0.15) is 48.7 Å². The van der Waals surface area contributed by atoms with Gasteiger partial charge in [0.15, 0.2) is 5.78 Å². The monoisotopic (exact) mass is 277 g/mol. The summed E-state index contributed by atoms with van der Waals surface area (Å²) in [5.74, 6) is -1.14. The third kappa shape index (κ3) is 4.78. The van der Waals surface area contributed by atoms with Gasteiger partial charge in [-0.15, -0.1) is 0 Å². The fraction of sp³-hybridized carbons (Fsp3) is 0.500. The minimum atomic E-state index is -0.981. The number of hydrogen-bond acceptors (Lipinski definition) is 3. The maximum absolute atomic E-state index is 12.6. The number of Topliss-reactive ketones (excluding diaryl/α,β-unsaturated/α-hetero) is 1. The number of carboxylic acids is 1. The molecule has 0 saturated heterocycles. The van der Waals surface area contributed by atoms with Crippen molar-refractivity contribution in [2.24, 2.45) is 0 Å². The number of benzene rings is 1. The van der Waals surface area contributed by atoms with Gasteiger partial charge < -0.3 is 10.4 Å². The van der Waals surface area contributed by atoms with Crippen molar-refractivity contribution in [2.75, 3.05) is 0 Å². The molecule has 1 unspecified atom stereocenters. The SMILES string of the molecule is Cc1ccc(C)c(C(=O)C(CC(=O)O)NC(C)(C)C)c1. The average molecular weight is 277 g/mol. The average Bonchev–Trinajstić information content (AvgIpc) is 2.28. The Balaban J connectivity index is 3.09. The highest BCUT2D eigenvalue weighted by Crippen LogP contribution is 2.16. The van der Waals surface area contributed by atoms with E-state index in [9.17, 15) is 9.59 Å². The molecule has 0 bridgehead atoms. The molecule has 0 radical (unpaired) electrons. The van der Waals surface area contributed by atoms with Crippen LogP contribution in [0, 0.1) is 13.8 Å². The van der Waals surface area contributed by atoms with Crippen LogP contribution in [0.5, 0.6) is 0 Å². The third-order valence-corrected chi connectivity index (χ3v) is 2.96. The van der Waals surface area contributed by atoms with Gasteiger partial charge >= 0.3 is 5.97 Å². The molecule has 1 rings (SSSR count). The van der Waals surface area contributed by atoms with Crippen molar-refractivity contribution in [1.82, 2.24) is 5.32 Å². The summed E-state index contributed by atoms with van der Waals surface area (Å²) in [6.45, 7) is 9.52. The van der Waals surface area contributed by atoms with Crippen LogP contribution >= 0.6 is 0 Å². The van der Waals surface area contributed by atoms with Crippen molar-refractivity contribution in [3.05, 3.63) is 34.9 Å². The van der Waals surface area contributed by atoms with Crippen LogP contribution in [0.25, 0.3) is 0 Å². The Kier molecular flexibility index (Phi) is 5.06. The first-order valence-corrected chi connectivity index (χ1v) is 6.71. The molecule has 1 aromatic carbocycles. The van der Waals surface area contributed by atoms with Crippen LogP contribution in [-0.2, 0) is 4.79 Å². The number of ketones is 1. The summed E-state index contributed by atoms with van der Waals surface area (Å²) in [6.07, 6.45) is -0.219. The zero-order valence-corrected chi connectivity index (χ0v) is 12.8. The zero-order valence-electron chi connectivity index (χ0n) is 12.8. The Bertz CT molecular complexity index is 515. The van der Waals surface area contributed by atoms with Crippen molar-refractivity contribution < 1.29 is 14.7 Å². The second-order valence-corrected chi connectivity index (χ2v) is 6.23. The minimum absolute atomic E-state index is 0.163. The Hall–Kier alpha value is -1.68. The lowest BCUT2D eigenvalue weighted by Gasteiger charge is -2.27. The fourth-order valence-corrected chi connectivity index (χ4v) is 2.10. The Morgan fingerprint density at radius 3 is 2.35 bits per heavy atom. The van der Waals surface area contributed by atoms with Gasteiger partial charge in [0.25, 0.3) is 0 Å². The highest BCUT2D eigenvalue weighted by molar-refractivity contribution is 6.03. The summed E-state index contributed by atoms with van der Waals surface area (Å²) >= 11 is 0. The first kappa shape index (κ1) is 16.4. The van der Waals surface area contributed by atoms with Crippen molar-refractivity contribution in [1.29, 1.82) is 0 Å². The molecular formula is C16H23NO3. The lowest BCUT2D eigenvalue weighted by molar-refractivity contribution is -0.137. The molecule has 1 atom stereocenters. The third-order valence-electron chi connectivity index (χ3n) is 2.96. The molecule has 2 N–H and O–H groups in total. The number of nitrogens with one attached hydrogen (secondary N) is 1. The van der Waals surface area contributed by atoms with E-state index in [-0.39, 0.29) is 17.7 Å². The van der Waals surface area contributed by atoms with E-state index >= 15 is 0 Å². The summed E-state index contributed by atoms with van der Waals surface area (Å²) in [7, 11) is 0. The van der Waals surface area contributed by atoms with Crippen LogP contribution < -0.4 is 5.32 Å². The van der Waals surface area contributed by atoms with E-state index < -0.39 is 12.0 Å². The zero-order chi connectivity index (χ0) is 15.5. The predicted octanol–water partition coefficient (Wildman–Crippen LogP) is 2.72. The van der Waals surface area contributed by atoms with Crippen LogP contribution in [0.2, 0.25) is 0 Å². The number of carbonyl (C=O) groups excluding carboxylic acids is 1. The standard InChI is InChI=1S/C16H23NO3/c1-10-6-7-11(2)12(8-10)15(20)13(9-14(18)19)17-16(3,4)5/h6-8,13,17H,9H2,1-5H3,(H,18,19). The molecule has 1 aromatic rings. The summed E-state index contributed by atoms with van der Waals surface area (Å²) in [5.41, 5.74) is 2.12. The van der Waals surface area contributed by atoms with Gasteiger partial charge in [-0.1, -0.05) is 17.7 Å². The Morgan fingerprint density at radius 1 is 1.25 bits per heavy atom. The number of aliphatic carboxylic acids is 1. The highest BCUT2D eigenvalue weighted by atomic mass is 16.4. The van der Waals surface area contributed by atoms with Crippen LogP contribution in [0.4, 0.5) is 0 Å². The molecule has 0 spiro atoms. The molecule has 0 aliphatic carbocycles. The molecule has 0 fully saturated rings. The number of rotatable bonds is 5. The maximum atomic E-state index is 12.6. The van der Waals surface area contributed by atoms with Crippen LogP contribution in [-0.4, -0.2) is 28.4 Å². The van der Waals surface area contributed by atoms with Crippen LogP contribution in [0.3, 0.4) is 0 Å². The number of carbonyl (C=O) groups is 2. The van der Waals surface area contributed by atoms with Crippen molar-refractivity contribution >= 4 is 11.8 Å². The molecular weight excluding hydrogens is 254 g/mol. The summed E-state index contributed by atoms with van der Waals surface area (Å²) < 4.78 is 0. The largest absolute Gasteiger partial charge is 0.481 e. The van der Waals surface area contributed by atoms with Crippen molar-refractivity contribution in [2.45, 2.75) is 52.6 Å². The molecule has 0 aliphatic rings. The van der Waals surface area contributed by atoms with Gasteiger partial charge in [-0.25, -0.2) is 0 Å². The summed E-state index contributed by atoms with van der Waals surface area (Å²) in [4.78, 5) is 23.6. The Labute approximate surface area is 120 Å². The molecule has 0 amide bonds. The first-order chi connectivity index (χ1) is 9.10. The second kappa shape index (κ2) is 6.18. The number of carboxylic acid groups (broad SMARTS) is 1. The molecule has 0 aromatic heterocycles. The van der Waals surface area contributed by atoms with Gasteiger partial charge in [0, 0.05) is 11.1 Å². The van der Waals surface area contributed by atoms with Gasteiger partial charge in [0.05, 0.1) is 12.5 Å². The van der Waals surface area contributed by atoms with E-state index in [1.54, 1.807) is 0 Å². The van der Waals surface area contributed by atoms with E-state index in [2.05, 4.69) is 5.32 Å². The van der Waals surface area contributed by atoms with E-state index in [0.717, 1.165) is 11.1 Å². The lowest BCUT2D eigenvalue weighted by Crippen LogP contribution is -2.48. The minimum Gasteiger partial charge on any atom is -0.481 e. The van der Waals surface area contributed by atoms with Gasteiger partial charge in [0.2, 0.25) is 0 Å².